The number of nitrogens with zero attached hydrogens (tertiary/aromatic N) is 1. The second kappa shape index (κ2) is 6.32. The van der Waals surface area contributed by atoms with Gasteiger partial charge in [-0.2, -0.15) is 11.8 Å². The van der Waals surface area contributed by atoms with Crippen molar-refractivity contribution in [3.63, 3.8) is 0 Å². The standard InChI is InChI=1S/C13H20NPS3/c1-11(2)12-3-5-13(6-4-12)15(16,17)14-7-9-18-10-8-14/h3-6,11H,7-10H2,1-2H3,(H,16,17). The number of hydrogen-bond donors (Lipinski definition) is 1. The molecule has 0 aromatic heterocycles. The second-order valence-corrected chi connectivity index (χ2v) is 12.4. The summed E-state index contributed by atoms with van der Waals surface area (Å²) in [7, 11) is 0. The first kappa shape index (κ1) is 14.9. The Morgan fingerprint density at radius 1 is 1.22 bits per heavy atom. The molecule has 1 fully saturated rings. The van der Waals surface area contributed by atoms with E-state index in [1.165, 1.54) is 22.4 Å². The molecule has 0 bridgehead atoms. The van der Waals surface area contributed by atoms with E-state index in [4.69, 9.17) is 24.1 Å². The maximum atomic E-state index is 5.83. The van der Waals surface area contributed by atoms with Crippen LogP contribution in [0.25, 0.3) is 0 Å². The predicted molar refractivity (Wildman–Crippen MR) is 92.3 cm³/mol. The molecular weight excluding hydrogens is 297 g/mol. The van der Waals surface area contributed by atoms with Crippen molar-refractivity contribution in [2.75, 3.05) is 24.6 Å². The number of rotatable bonds is 3. The lowest BCUT2D eigenvalue weighted by Gasteiger charge is -2.34. The summed E-state index contributed by atoms with van der Waals surface area (Å²) in [5.74, 6) is 2.94. The van der Waals surface area contributed by atoms with Crippen LogP contribution >= 0.6 is 29.4 Å². The predicted octanol–water partition coefficient (Wildman–Crippen LogP) is 3.72. The van der Waals surface area contributed by atoms with Crippen LogP contribution in [0.2, 0.25) is 0 Å². The Bertz CT molecular complexity index is 438. The Labute approximate surface area is 125 Å². The van der Waals surface area contributed by atoms with Gasteiger partial charge < -0.3 is 0 Å². The summed E-state index contributed by atoms with van der Waals surface area (Å²) >= 11 is 12.7. The molecule has 0 saturated carbocycles. The first-order valence-electron chi connectivity index (χ1n) is 6.28. The number of thioether (sulfide) groups is 1. The van der Waals surface area contributed by atoms with Gasteiger partial charge in [-0.25, -0.2) is 0 Å². The summed E-state index contributed by atoms with van der Waals surface area (Å²) in [4.78, 5) is 0. The maximum Gasteiger partial charge on any atom is 0.0923 e. The molecule has 1 aliphatic heterocycles. The molecule has 1 aromatic carbocycles. The van der Waals surface area contributed by atoms with Gasteiger partial charge in [0.05, 0.1) is 5.39 Å². The minimum atomic E-state index is -1.82. The van der Waals surface area contributed by atoms with Crippen molar-refractivity contribution in [1.29, 1.82) is 0 Å². The average molecular weight is 317 g/mol. The van der Waals surface area contributed by atoms with Crippen molar-refractivity contribution in [3.05, 3.63) is 29.8 Å². The molecule has 0 radical (unpaired) electrons. The van der Waals surface area contributed by atoms with Crippen LogP contribution in [0.5, 0.6) is 0 Å². The molecule has 1 atom stereocenters. The monoisotopic (exact) mass is 317 g/mol. The van der Waals surface area contributed by atoms with Gasteiger partial charge in [0.1, 0.15) is 0 Å². The fraction of sp³-hybridized carbons (Fsp3) is 0.538. The molecule has 5 heteroatoms. The largest absolute Gasteiger partial charge is 0.262 e. The quantitative estimate of drug-likeness (QED) is 0.669. The van der Waals surface area contributed by atoms with Crippen LogP contribution in [0.1, 0.15) is 25.3 Å². The molecule has 1 aliphatic rings. The Kier molecular flexibility index (Phi) is 5.24. The molecule has 0 aliphatic carbocycles. The highest BCUT2D eigenvalue weighted by Crippen LogP contribution is 2.54. The molecule has 1 unspecified atom stereocenters. The lowest BCUT2D eigenvalue weighted by molar-refractivity contribution is 0.513. The van der Waals surface area contributed by atoms with Gasteiger partial charge in [0.25, 0.3) is 0 Å². The number of thiol groups is 1. The minimum absolute atomic E-state index is 0.572. The minimum Gasteiger partial charge on any atom is -0.262 e. The van der Waals surface area contributed by atoms with Crippen LogP contribution in [0.4, 0.5) is 0 Å². The highest BCUT2D eigenvalue weighted by molar-refractivity contribution is 8.65. The normalized spacial score (nSPS) is 20.9. The maximum absolute atomic E-state index is 5.83. The Morgan fingerprint density at radius 2 is 1.78 bits per heavy atom. The summed E-state index contributed by atoms with van der Waals surface area (Å²) in [5, 5.41) is -0.589. The van der Waals surface area contributed by atoms with Gasteiger partial charge >= 0.3 is 0 Å². The van der Waals surface area contributed by atoms with Crippen LogP contribution in [0, 0.1) is 0 Å². The van der Waals surface area contributed by atoms with Gasteiger partial charge in [0, 0.05) is 29.9 Å². The van der Waals surface area contributed by atoms with E-state index in [2.05, 4.69) is 42.8 Å². The smallest absolute Gasteiger partial charge is 0.0923 e. The average Bonchev–Trinajstić information content (AvgIpc) is 2.40. The lowest BCUT2D eigenvalue weighted by atomic mass is 10.0. The van der Waals surface area contributed by atoms with Gasteiger partial charge in [0.2, 0.25) is 0 Å². The topological polar surface area (TPSA) is 3.24 Å². The molecular formula is C13H20NPS3. The molecule has 18 heavy (non-hydrogen) atoms. The first-order chi connectivity index (χ1) is 8.51. The van der Waals surface area contributed by atoms with E-state index in [0.29, 0.717) is 5.92 Å². The molecule has 1 aromatic rings. The van der Waals surface area contributed by atoms with Crippen LogP contribution in [0.15, 0.2) is 24.3 Å². The van der Waals surface area contributed by atoms with Gasteiger partial charge in [-0.05, 0) is 11.5 Å². The fourth-order valence-electron chi connectivity index (χ4n) is 2.04. The Morgan fingerprint density at radius 3 is 2.28 bits per heavy atom. The van der Waals surface area contributed by atoms with E-state index >= 15 is 0 Å². The van der Waals surface area contributed by atoms with Crippen LogP contribution in [-0.4, -0.2) is 29.3 Å². The first-order valence-corrected chi connectivity index (χ1v) is 11.3. The highest BCUT2D eigenvalue weighted by atomic mass is 32.9. The van der Waals surface area contributed by atoms with Gasteiger partial charge in [-0.15, -0.1) is 12.2 Å². The van der Waals surface area contributed by atoms with Crippen LogP contribution < -0.4 is 5.30 Å². The van der Waals surface area contributed by atoms with Crippen LogP contribution in [0.3, 0.4) is 0 Å². The van der Waals surface area contributed by atoms with Crippen LogP contribution in [-0.2, 0) is 11.8 Å². The summed E-state index contributed by atoms with van der Waals surface area (Å²) in [6, 6.07) is 8.78. The van der Waals surface area contributed by atoms with Gasteiger partial charge in [-0.3, -0.25) is 4.67 Å². The molecule has 1 nitrogen and oxygen atoms in total. The molecule has 100 valence electrons. The molecule has 1 saturated heterocycles. The third-order valence-electron chi connectivity index (χ3n) is 3.27. The molecule has 0 spiro atoms. The van der Waals surface area contributed by atoms with Crippen molar-refractivity contribution >= 4 is 46.5 Å². The van der Waals surface area contributed by atoms with Crippen molar-refractivity contribution in [1.82, 2.24) is 4.67 Å². The third kappa shape index (κ3) is 3.34. The summed E-state index contributed by atoms with van der Waals surface area (Å²) in [5.41, 5.74) is 1.37. The van der Waals surface area contributed by atoms with E-state index < -0.39 is 5.39 Å². The van der Waals surface area contributed by atoms with Crippen molar-refractivity contribution in [2.24, 2.45) is 0 Å². The van der Waals surface area contributed by atoms with Crippen molar-refractivity contribution < 1.29 is 0 Å². The Balaban J connectivity index is 2.20. The summed E-state index contributed by atoms with van der Waals surface area (Å²) in [6.07, 6.45) is 0. The second-order valence-electron chi connectivity index (χ2n) is 4.86. The number of benzene rings is 1. The zero-order valence-electron chi connectivity index (χ0n) is 10.9. The third-order valence-corrected chi connectivity index (χ3v) is 9.12. The summed E-state index contributed by atoms with van der Waals surface area (Å²) < 4.78 is 2.41. The van der Waals surface area contributed by atoms with Gasteiger partial charge in [-0.1, -0.05) is 49.9 Å². The zero-order valence-corrected chi connectivity index (χ0v) is 14.3. The van der Waals surface area contributed by atoms with E-state index in [1.807, 2.05) is 11.8 Å². The molecule has 1 heterocycles. The SMILES string of the molecule is CC(C)c1ccc(P(=S)(S)N2CCSCC2)cc1. The van der Waals surface area contributed by atoms with E-state index in [1.54, 1.807) is 0 Å². The number of hydrogen-bond acceptors (Lipinski definition) is 2. The van der Waals surface area contributed by atoms with E-state index in [9.17, 15) is 0 Å². The highest BCUT2D eigenvalue weighted by Gasteiger charge is 2.25. The van der Waals surface area contributed by atoms with E-state index in [-0.39, 0.29) is 0 Å². The molecule has 0 N–H and O–H groups in total. The van der Waals surface area contributed by atoms with E-state index in [0.717, 1.165) is 13.1 Å². The van der Waals surface area contributed by atoms with Gasteiger partial charge in [0.15, 0.2) is 0 Å². The lowest BCUT2D eigenvalue weighted by Crippen LogP contribution is -2.31. The fourth-order valence-corrected chi connectivity index (χ4v) is 6.61. The Hall–Kier alpha value is 0.530. The van der Waals surface area contributed by atoms with Crippen molar-refractivity contribution in [2.45, 2.75) is 19.8 Å². The zero-order chi connectivity index (χ0) is 13.2. The van der Waals surface area contributed by atoms with Crippen molar-refractivity contribution in [3.8, 4) is 0 Å². The molecule has 2 rings (SSSR count). The molecule has 0 amide bonds. The summed E-state index contributed by atoms with van der Waals surface area (Å²) in [6.45, 7) is 6.59.